The number of pyridine rings is 1. The first-order valence-electron chi connectivity index (χ1n) is 6.82. The lowest BCUT2D eigenvalue weighted by Gasteiger charge is -2.14. The van der Waals surface area contributed by atoms with Crippen molar-refractivity contribution in [2.24, 2.45) is 5.92 Å². The van der Waals surface area contributed by atoms with Crippen LogP contribution < -0.4 is 5.48 Å². The number of hydrogen-bond acceptors (Lipinski definition) is 5. The molecule has 1 rings (SSSR count). The zero-order valence-corrected chi connectivity index (χ0v) is 12.6. The molecule has 0 aliphatic rings. The van der Waals surface area contributed by atoms with Gasteiger partial charge in [-0.2, -0.15) is 0 Å². The molecule has 1 unspecified atom stereocenters. The molecule has 0 aliphatic carbocycles. The third kappa shape index (κ3) is 7.55. The Kier molecular flexibility index (Phi) is 7.60. The summed E-state index contributed by atoms with van der Waals surface area (Å²) < 4.78 is 5.35. The monoisotopic (exact) mass is 294 g/mol. The maximum Gasteiger partial charge on any atom is 0.267 e. The summed E-state index contributed by atoms with van der Waals surface area (Å²) in [6.07, 6.45) is 4.01. The van der Waals surface area contributed by atoms with Crippen LogP contribution in [0.15, 0.2) is 24.4 Å². The normalized spacial score (nSPS) is 12.8. The van der Waals surface area contributed by atoms with Gasteiger partial charge in [0.2, 0.25) is 0 Å². The van der Waals surface area contributed by atoms with Crippen LogP contribution in [0.3, 0.4) is 0 Å². The number of amides is 1. The minimum atomic E-state index is -0.504. The summed E-state index contributed by atoms with van der Waals surface area (Å²) in [6, 6.07) is 3.45. The van der Waals surface area contributed by atoms with E-state index in [4.69, 9.17) is 14.7 Å². The highest BCUT2D eigenvalue weighted by atomic mass is 16.8. The Morgan fingerprint density at radius 1 is 1.43 bits per heavy atom. The minimum Gasteiger partial charge on any atom is -0.390 e. The molecule has 0 fully saturated rings. The van der Waals surface area contributed by atoms with Gasteiger partial charge < -0.3 is 9.84 Å². The predicted molar refractivity (Wildman–Crippen MR) is 78.7 cm³/mol. The van der Waals surface area contributed by atoms with Crippen molar-refractivity contribution in [2.45, 2.75) is 33.7 Å². The van der Waals surface area contributed by atoms with Gasteiger partial charge in [0.05, 0.1) is 18.9 Å². The van der Waals surface area contributed by atoms with Crippen LogP contribution in [-0.4, -0.2) is 28.9 Å². The first kappa shape index (κ1) is 17.3. The first-order valence-corrected chi connectivity index (χ1v) is 6.82. The highest BCUT2D eigenvalue weighted by Gasteiger charge is 2.05. The number of rotatable bonds is 8. The van der Waals surface area contributed by atoms with Crippen molar-refractivity contribution in [3.63, 3.8) is 0 Å². The molecule has 1 aromatic rings. The topological polar surface area (TPSA) is 80.7 Å². The Balaban J connectivity index is 2.33. The Labute approximate surface area is 124 Å². The molecule has 116 valence electrons. The highest BCUT2D eigenvalue weighted by molar-refractivity contribution is 5.90. The van der Waals surface area contributed by atoms with Crippen molar-refractivity contribution in [3.8, 4) is 0 Å². The van der Waals surface area contributed by atoms with Gasteiger partial charge in [-0.25, -0.2) is 10.3 Å². The van der Waals surface area contributed by atoms with Gasteiger partial charge in [-0.1, -0.05) is 19.9 Å². The number of carbonyl (C=O) groups is 1. The fourth-order valence-corrected chi connectivity index (χ4v) is 1.34. The number of nitrogens with one attached hydrogen (secondary N) is 1. The number of nitrogens with zero attached hydrogens (tertiary/aromatic N) is 1. The van der Waals surface area contributed by atoms with E-state index in [0.29, 0.717) is 18.2 Å². The molecular weight excluding hydrogens is 272 g/mol. The Morgan fingerprint density at radius 2 is 2.19 bits per heavy atom. The van der Waals surface area contributed by atoms with Crippen molar-refractivity contribution >= 4 is 12.0 Å². The maximum absolute atomic E-state index is 11.5. The second kappa shape index (κ2) is 9.23. The van der Waals surface area contributed by atoms with Gasteiger partial charge in [-0.05, 0) is 30.5 Å². The third-order valence-corrected chi connectivity index (χ3v) is 2.43. The van der Waals surface area contributed by atoms with Crippen molar-refractivity contribution in [1.29, 1.82) is 0 Å². The van der Waals surface area contributed by atoms with E-state index in [-0.39, 0.29) is 12.5 Å². The van der Waals surface area contributed by atoms with Gasteiger partial charge in [0.1, 0.15) is 0 Å². The standard InChI is InChI=1S/C15H22N2O4/c1-11(2)10-20-12(3)21-17-15(19)7-5-13-4-6-14(9-18)16-8-13/h4-8,11-12,18H,9-10H2,1-3H3,(H,17,19)/b7-5+. The zero-order chi connectivity index (χ0) is 15.7. The fraction of sp³-hybridized carbons (Fsp3) is 0.467. The molecule has 0 aliphatic heterocycles. The summed E-state index contributed by atoms with van der Waals surface area (Å²) in [7, 11) is 0. The second-order valence-electron chi connectivity index (χ2n) is 4.95. The van der Waals surface area contributed by atoms with E-state index in [1.807, 2.05) is 13.8 Å². The van der Waals surface area contributed by atoms with Crippen molar-refractivity contribution < 1.29 is 19.5 Å². The van der Waals surface area contributed by atoms with Gasteiger partial charge in [0.25, 0.3) is 5.91 Å². The summed E-state index contributed by atoms with van der Waals surface area (Å²) in [5.41, 5.74) is 3.62. The zero-order valence-electron chi connectivity index (χ0n) is 12.6. The summed E-state index contributed by atoms with van der Waals surface area (Å²) in [5, 5.41) is 8.87. The lowest BCUT2D eigenvalue weighted by atomic mass is 10.2. The van der Waals surface area contributed by atoms with Crippen LogP contribution in [0.5, 0.6) is 0 Å². The fourth-order valence-electron chi connectivity index (χ4n) is 1.34. The number of ether oxygens (including phenoxy) is 1. The van der Waals surface area contributed by atoms with Gasteiger partial charge in [0, 0.05) is 12.3 Å². The molecule has 6 nitrogen and oxygen atoms in total. The van der Waals surface area contributed by atoms with E-state index < -0.39 is 6.29 Å². The lowest BCUT2D eigenvalue weighted by Crippen LogP contribution is -2.29. The van der Waals surface area contributed by atoms with E-state index in [1.54, 1.807) is 31.3 Å². The molecule has 1 aromatic heterocycles. The average molecular weight is 294 g/mol. The van der Waals surface area contributed by atoms with Crippen LogP contribution in [0.25, 0.3) is 6.08 Å². The Morgan fingerprint density at radius 3 is 2.76 bits per heavy atom. The second-order valence-corrected chi connectivity index (χ2v) is 4.95. The van der Waals surface area contributed by atoms with Gasteiger partial charge >= 0.3 is 0 Å². The number of hydroxylamine groups is 1. The minimum absolute atomic E-state index is 0.105. The average Bonchev–Trinajstić information content (AvgIpc) is 2.49. The van der Waals surface area contributed by atoms with E-state index in [0.717, 1.165) is 5.56 Å². The smallest absolute Gasteiger partial charge is 0.267 e. The number of aliphatic hydroxyl groups is 1. The molecule has 1 amide bonds. The quantitative estimate of drug-likeness (QED) is 0.433. The molecule has 6 heteroatoms. The molecule has 0 spiro atoms. The predicted octanol–water partition coefficient (Wildman–Crippen LogP) is 1.65. The van der Waals surface area contributed by atoms with Gasteiger partial charge in [-0.15, -0.1) is 0 Å². The summed E-state index contributed by atoms with van der Waals surface area (Å²) >= 11 is 0. The molecule has 2 N–H and O–H groups in total. The molecular formula is C15H22N2O4. The third-order valence-electron chi connectivity index (χ3n) is 2.43. The SMILES string of the molecule is CC(C)COC(C)ONC(=O)/C=C/c1ccc(CO)nc1. The number of hydrogen-bond donors (Lipinski definition) is 2. The summed E-state index contributed by atoms with van der Waals surface area (Å²) in [6.45, 7) is 6.24. The Bertz CT molecular complexity index is 457. The molecule has 0 bridgehead atoms. The Hall–Kier alpha value is -1.76. The number of aromatic nitrogens is 1. The number of carbonyl (C=O) groups excluding carboxylic acids is 1. The van der Waals surface area contributed by atoms with Crippen LogP contribution in [-0.2, 0) is 21.0 Å². The molecule has 0 aromatic carbocycles. The van der Waals surface area contributed by atoms with Crippen LogP contribution in [0.1, 0.15) is 32.0 Å². The van der Waals surface area contributed by atoms with E-state index in [9.17, 15) is 4.79 Å². The van der Waals surface area contributed by atoms with E-state index in [1.165, 1.54) is 6.08 Å². The van der Waals surface area contributed by atoms with Crippen LogP contribution in [0.4, 0.5) is 0 Å². The van der Waals surface area contributed by atoms with E-state index >= 15 is 0 Å². The molecule has 0 saturated carbocycles. The van der Waals surface area contributed by atoms with E-state index in [2.05, 4.69) is 10.5 Å². The van der Waals surface area contributed by atoms with Gasteiger partial charge in [-0.3, -0.25) is 9.78 Å². The maximum atomic E-state index is 11.5. The van der Waals surface area contributed by atoms with Crippen molar-refractivity contribution in [2.75, 3.05) is 6.61 Å². The molecule has 1 heterocycles. The highest BCUT2D eigenvalue weighted by Crippen LogP contribution is 2.02. The lowest BCUT2D eigenvalue weighted by molar-refractivity contribution is -0.180. The summed E-state index contributed by atoms with van der Waals surface area (Å²) in [5.74, 6) is 0.0160. The largest absolute Gasteiger partial charge is 0.390 e. The van der Waals surface area contributed by atoms with Crippen molar-refractivity contribution in [1.82, 2.24) is 10.5 Å². The van der Waals surface area contributed by atoms with Crippen molar-refractivity contribution in [3.05, 3.63) is 35.7 Å². The summed E-state index contributed by atoms with van der Waals surface area (Å²) in [4.78, 5) is 20.6. The first-order chi connectivity index (χ1) is 10.0. The molecule has 0 radical (unpaired) electrons. The molecule has 21 heavy (non-hydrogen) atoms. The molecule has 0 saturated heterocycles. The van der Waals surface area contributed by atoms with Crippen LogP contribution >= 0.6 is 0 Å². The van der Waals surface area contributed by atoms with Crippen LogP contribution in [0, 0.1) is 5.92 Å². The van der Waals surface area contributed by atoms with Crippen LogP contribution in [0.2, 0.25) is 0 Å². The molecule has 1 atom stereocenters. The van der Waals surface area contributed by atoms with Gasteiger partial charge in [0.15, 0.2) is 6.29 Å². The number of aliphatic hydroxyl groups excluding tert-OH is 1.